The zero-order chi connectivity index (χ0) is 10.7. The van der Waals surface area contributed by atoms with Crippen LogP contribution in [0.15, 0.2) is 22.1 Å². The van der Waals surface area contributed by atoms with Crippen molar-refractivity contribution >= 4 is 17.6 Å². The van der Waals surface area contributed by atoms with Gasteiger partial charge in [0.05, 0.1) is 26.3 Å². The fourth-order valence-corrected chi connectivity index (χ4v) is 1.44. The molecule has 0 spiro atoms. The molecule has 0 amide bonds. The maximum atomic E-state index is 11.3. The Hall–Kier alpha value is -1.16. The Balaban J connectivity index is 3.12. The zero-order valence-electron chi connectivity index (χ0n) is 8.31. The number of rotatable bonds is 2. The molecule has 0 atom stereocenters. The number of carbonyl (C=O) groups excluding carboxylic acids is 1. The van der Waals surface area contributed by atoms with Crippen LogP contribution in [0.3, 0.4) is 0 Å². The summed E-state index contributed by atoms with van der Waals surface area (Å²) in [6.45, 7) is 2.19. The molecule has 1 rings (SSSR count). The SMILES string of the molecule is COC(=O)C1=C(OC)C(Cl)=C(C)NC1. The van der Waals surface area contributed by atoms with Crippen LogP contribution in [0.2, 0.25) is 0 Å². The summed E-state index contributed by atoms with van der Waals surface area (Å²) < 4.78 is 9.67. The van der Waals surface area contributed by atoms with Crippen LogP contribution in [0, 0.1) is 0 Å². The van der Waals surface area contributed by atoms with Crippen LogP contribution >= 0.6 is 11.6 Å². The molecule has 1 heterocycles. The summed E-state index contributed by atoms with van der Waals surface area (Å²) in [5, 5.41) is 3.39. The van der Waals surface area contributed by atoms with E-state index in [1.54, 1.807) is 0 Å². The molecular weight excluding hydrogens is 206 g/mol. The van der Waals surface area contributed by atoms with Gasteiger partial charge in [-0.2, -0.15) is 0 Å². The first-order chi connectivity index (χ1) is 6.61. The Morgan fingerprint density at radius 2 is 2.14 bits per heavy atom. The lowest BCUT2D eigenvalue weighted by molar-refractivity contribution is -0.136. The van der Waals surface area contributed by atoms with E-state index in [-0.39, 0.29) is 0 Å². The minimum Gasteiger partial charge on any atom is -0.494 e. The minimum absolute atomic E-state index is 0.373. The fraction of sp³-hybridized carbons (Fsp3) is 0.444. The third-order valence-corrected chi connectivity index (χ3v) is 2.42. The first kappa shape index (κ1) is 10.9. The van der Waals surface area contributed by atoms with Gasteiger partial charge >= 0.3 is 5.97 Å². The van der Waals surface area contributed by atoms with Crippen molar-refractivity contribution in [1.82, 2.24) is 5.32 Å². The number of halogens is 1. The maximum Gasteiger partial charge on any atom is 0.339 e. The van der Waals surface area contributed by atoms with Gasteiger partial charge in [0.15, 0.2) is 5.76 Å². The highest BCUT2D eigenvalue weighted by molar-refractivity contribution is 6.32. The van der Waals surface area contributed by atoms with Crippen molar-refractivity contribution in [3.05, 3.63) is 22.1 Å². The van der Waals surface area contributed by atoms with Crippen molar-refractivity contribution in [2.24, 2.45) is 0 Å². The van der Waals surface area contributed by atoms with Gasteiger partial charge in [-0.15, -0.1) is 0 Å². The van der Waals surface area contributed by atoms with Gasteiger partial charge in [-0.05, 0) is 6.92 Å². The van der Waals surface area contributed by atoms with Gasteiger partial charge in [0, 0.05) is 5.70 Å². The van der Waals surface area contributed by atoms with Crippen LogP contribution in [-0.2, 0) is 14.3 Å². The molecular formula is C9H12ClNO3. The number of allylic oxidation sites excluding steroid dienone is 2. The Kier molecular flexibility index (Phi) is 3.41. The Labute approximate surface area is 87.5 Å². The number of nitrogens with one attached hydrogen (secondary N) is 1. The summed E-state index contributed by atoms with van der Waals surface area (Å²) in [6, 6.07) is 0. The minimum atomic E-state index is -0.431. The number of hydrogen-bond donors (Lipinski definition) is 1. The van der Waals surface area contributed by atoms with Gasteiger partial charge in [-0.25, -0.2) is 4.79 Å². The number of ether oxygens (including phenoxy) is 2. The van der Waals surface area contributed by atoms with Crippen molar-refractivity contribution in [2.45, 2.75) is 6.92 Å². The average molecular weight is 218 g/mol. The molecule has 5 heteroatoms. The molecule has 0 aromatic heterocycles. The van der Waals surface area contributed by atoms with E-state index in [0.29, 0.717) is 22.9 Å². The standard InChI is InChI=1S/C9H12ClNO3/c1-5-7(10)8(13-2)6(4-11-5)9(12)14-3/h11H,4H2,1-3H3. The first-order valence-electron chi connectivity index (χ1n) is 4.07. The highest BCUT2D eigenvalue weighted by Crippen LogP contribution is 2.26. The lowest BCUT2D eigenvalue weighted by Crippen LogP contribution is -2.27. The lowest BCUT2D eigenvalue weighted by Gasteiger charge is -2.20. The molecule has 1 aliphatic rings. The topological polar surface area (TPSA) is 47.6 Å². The fourth-order valence-electron chi connectivity index (χ4n) is 1.18. The summed E-state index contributed by atoms with van der Waals surface area (Å²) in [5.74, 6) is -0.0465. The normalized spacial score (nSPS) is 16.6. The van der Waals surface area contributed by atoms with Gasteiger partial charge in [0.25, 0.3) is 0 Å². The van der Waals surface area contributed by atoms with E-state index in [0.717, 1.165) is 5.70 Å². The maximum absolute atomic E-state index is 11.3. The van der Waals surface area contributed by atoms with Crippen LogP contribution in [0.4, 0.5) is 0 Å². The number of methoxy groups -OCH3 is 2. The average Bonchev–Trinajstić information content (AvgIpc) is 2.20. The van der Waals surface area contributed by atoms with E-state index in [4.69, 9.17) is 16.3 Å². The van der Waals surface area contributed by atoms with Crippen LogP contribution in [0.5, 0.6) is 0 Å². The molecule has 0 unspecified atom stereocenters. The van der Waals surface area contributed by atoms with Crippen molar-refractivity contribution < 1.29 is 14.3 Å². The molecule has 0 aromatic rings. The van der Waals surface area contributed by atoms with E-state index in [9.17, 15) is 4.79 Å². The monoisotopic (exact) mass is 217 g/mol. The smallest absolute Gasteiger partial charge is 0.339 e. The third-order valence-electron chi connectivity index (χ3n) is 1.97. The summed E-state index contributed by atoms with van der Waals surface area (Å²) in [7, 11) is 2.79. The van der Waals surface area contributed by atoms with E-state index in [2.05, 4.69) is 10.1 Å². The number of esters is 1. The largest absolute Gasteiger partial charge is 0.494 e. The van der Waals surface area contributed by atoms with Crippen LogP contribution in [0.25, 0.3) is 0 Å². The lowest BCUT2D eigenvalue weighted by atomic mass is 10.1. The Morgan fingerprint density at radius 3 is 2.64 bits per heavy atom. The van der Waals surface area contributed by atoms with Gasteiger partial charge in [0.1, 0.15) is 5.03 Å². The summed E-state index contributed by atoms with van der Waals surface area (Å²) in [4.78, 5) is 11.3. The van der Waals surface area contributed by atoms with Crippen molar-refractivity contribution in [3.8, 4) is 0 Å². The summed E-state index contributed by atoms with van der Waals surface area (Å²) in [6.07, 6.45) is 0. The second-order valence-corrected chi connectivity index (χ2v) is 3.17. The van der Waals surface area contributed by atoms with Crippen LogP contribution in [-0.4, -0.2) is 26.7 Å². The number of hydrogen-bond acceptors (Lipinski definition) is 4. The van der Waals surface area contributed by atoms with E-state index in [1.807, 2.05) is 6.92 Å². The van der Waals surface area contributed by atoms with Crippen LogP contribution in [0.1, 0.15) is 6.92 Å². The predicted molar refractivity (Wildman–Crippen MR) is 52.6 cm³/mol. The Morgan fingerprint density at radius 1 is 1.50 bits per heavy atom. The molecule has 0 aromatic carbocycles. The molecule has 0 bridgehead atoms. The first-order valence-corrected chi connectivity index (χ1v) is 4.45. The molecule has 0 aliphatic carbocycles. The van der Waals surface area contributed by atoms with Gasteiger partial charge in [-0.3, -0.25) is 0 Å². The van der Waals surface area contributed by atoms with E-state index >= 15 is 0 Å². The molecule has 78 valence electrons. The molecule has 1 aliphatic heterocycles. The zero-order valence-corrected chi connectivity index (χ0v) is 9.07. The molecule has 0 fully saturated rings. The summed E-state index contributed by atoms with van der Waals surface area (Å²) >= 11 is 5.96. The van der Waals surface area contributed by atoms with Crippen molar-refractivity contribution in [2.75, 3.05) is 20.8 Å². The molecule has 1 N–H and O–H groups in total. The predicted octanol–water partition coefficient (Wildman–Crippen LogP) is 1.13. The molecule has 14 heavy (non-hydrogen) atoms. The van der Waals surface area contributed by atoms with Gasteiger partial charge in [0.2, 0.25) is 0 Å². The van der Waals surface area contributed by atoms with Crippen LogP contribution < -0.4 is 5.32 Å². The molecule has 4 nitrogen and oxygen atoms in total. The number of dihydropyridines is 1. The summed E-state index contributed by atoms with van der Waals surface area (Å²) in [5.41, 5.74) is 1.20. The molecule has 0 saturated carbocycles. The van der Waals surface area contributed by atoms with Crippen molar-refractivity contribution in [1.29, 1.82) is 0 Å². The van der Waals surface area contributed by atoms with Gasteiger partial charge in [-0.1, -0.05) is 11.6 Å². The highest BCUT2D eigenvalue weighted by Gasteiger charge is 2.24. The third kappa shape index (κ3) is 1.85. The Bertz CT molecular complexity index is 320. The van der Waals surface area contributed by atoms with E-state index in [1.165, 1.54) is 14.2 Å². The molecule has 0 radical (unpaired) electrons. The highest BCUT2D eigenvalue weighted by atomic mass is 35.5. The van der Waals surface area contributed by atoms with Gasteiger partial charge < -0.3 is 14.8 Å². The number of carbonyl (C=O) groups is 1. The second-order valence-electron chi connectivity index (χ2n) is 2.80. The second kappa shape index (κ2) is 4.37. The van der Waals surface area contributed by atoms with E-state index < -0.39 is 5.97 Å². The molecule has 0 saturated heterocycles. The quantitative estimate of drug-likeness (QED) is 0.705. The van der Waals surface area contributed by atoms with Crippen molar-refractivity contribution in [3.63, 3.8) is 0 Å².